The predicted molar refractivity (Wildman–Crippen MR) is 82.9 cm³/mol. The first kappa shape index (κ1) is 15.5. The molecule has 4 rings (SSSR count). The number of thiophene rings is 1. The molecule has 8 nitrogen and oxygen atoms in total. The highest BCUT2D eigenvalue weighted by Crippen LogP contribution is 2.31. The van der Waals surface area contributed by atoms with Gasteiger partial charge in [-0.3, -0.25) is 0 Å². The number of aromatic amines is 1. The molecular weight excluding hydrogens is 357 g/mol. The molecule has 0 radical (unpaired) electrons. The smallest absolute Gasteiger partial charge is 0.384 e. The van der Waals surface area contributed by atoms with Crippen molar-refractivity contribution in [1.29, 1.82) is 0 Å². The Hall–Kier alpha value is -3.02. The van der Waals surface area contributed by atoms with Gasteiger partial charge in [0, 0.05) is 6.07 Å². The van der Waals surface area contributed by atoms with Gasteiger partial charge < -0.3 is 5.73 Å². The predicted octanol–water partition coefficient (Wildman–Crippen LogP) is 1.22. The number of fused-ring (bicyclic) bond motifs is 1. The van der Waals surface area contributed by atoms with Crippen molar-refractivity contribution in [2.75, 3.05) is 0 Å². The van der Waals surface area contributed by atoms with Crippen LogP contribution >= 0.6 is 11.3 Å². The van der Waals surface area contributed by atoms with Gasteiger partial charge in [-0.1, -0.05) is 20.9 Å². The largest absolute Gasteiger partial charge is 0.469 e. The minimum Gasteiger partial charge on any atom is -0.384 e. The average Bonchev–Trinajstić information content (AvgIpc) is 3.25. The second-order valence-corrected chi connectivity index (χ2v) is 6.07. The third-order valence-electron chi connectivity index (χ3n) is 3.45. The Balaban J connectivity index is 1.94. The number of nitrogens with zero attached hydrogens (tertiary/aromatic N) is 6. The maximum Gasteiger partial charge on any atom is 0.469 e. The molecule has 0 aromatic carbocycles. The van der Waals surface area contributed by atoms with Crippen LogP contribution in [0.5, 0.6) is 0 Å². The highest BCUT2D eigenvalue weighted by molar-refractivity contribution is 7.13. The van der Waals surface area contributed by atoms with Gasteiger partial charge in [0.05, 0.1) is 22.1 Å². The molecule has 0 spiro atoms. The van der Waals surface area contributed by atoms with Crippen LogP contribution in [0, 0.1) is 0 Å². The first-order chi connectivity index (χ1) is 11.9. The summed E-state index contributed by atoms with van der Waals surface area (Å²) in [4.78, 5) is 4.65. The topological polar surface area (TPSA) is 101 Å². The third-order valence-corrected chi connectivity index (χ3v) is 4.35. The summed E-state index contributed by atoms with van der Waals surface area (Å²) in [7, 11) is 0. The van der Waals surface area contributed by atoms with E-state index < -0.39 is 11.9 Å². The van der Waals surface area contributed by atoms with E-state index >= 15 is 0 Å². The van der Waals surface area contributed by atoms with Crippen molar-refractivity contribution in [3.8, 4) is 10.6 Å². The van der Waals surface area contributed by atoms with E-state index in [1.165, 1.54) is 22.3 Å². The lowest BCUT2D eigenvalue weighted by atomic mass is 10.3. The number of hydrogen-bond acceptors (Lipinski definition) is 6. The molecule has 0 aliphatic carbocycles. The van der Waals surface area contributed by atoms with Crippen LogP contribution in [0.15, 0.2) is 40.1 Å². The summed E-state index contributed by atoms with van der Waals surface area (Å²) in [5, 5.41) is 16.0. The monoisotopic (exact) mass is 367 g/mol. The number of rotatable bonds is 1. The van der Waals surface area contributed by atoms with Gasteiger partial charge in [-0.2, -0.15) is 13.2 Å². The van der Waals surface area contributed by atoms with Crippen molar-refractivity contribution >= 4 is 23.1 Å². The standard InChI is InChI=1S/C13H9F3N8S/c14-13(15,16)9-4-7(8-2-1-3-25-8)22-23(9)12-21-20-10(17)5-11-18-6-19-24(11)12/h1-4,6H,5H2,(H2,17,20)/p+1. The SMILES string of the molecule is NC1=NN=C([n+]2[nH]c(-c3cccs3)cc2C(F)(F)F)n2ncnc2C1. The zero-order valence-corrected chi connectivity index (χ0v) is 13.2. The van der Waals surface area contributed by atoms with E-state index in [1.54, 1.807) is 17.5 Å². The van der Waals surface area contributed by atoms with Crippen LogP contribution in [0.25, 0.3) is 10.6 Å². The van der Waals surface area contributed by atoms with Crippen LogP contribution in [-0.4, -0.2) is 31.7 Å². The Morgan fingerprint density at radius 1 is 1.32 bits per heavy atom. The van der Waals surface area contributed by atoms with Gasteiger partial charge in [-0.25, -0.2) is 10.1 Å². The third kappa shape index (κ3) is 2.69. The Labute approximate surface area is 142 Å². The fourth-order valence-electron chi connectivity index (χ4n) is 2.38. The molecule has 25 heavy (non-hydrogen) atoms. The Kier molecular flexibility index (Phi) is 3.42. The molecule has 3 N–H and O–H groups in total. The molecule has 0 amide bonds. The lowest BCUT2D eigenvalue weighted by Crippen LogP contribution is -2.54. The van der Waals surface area contributed by atoms with Crippen molar-refractivity contribution in [1.82, 2.24) is 19.9 Å². The number of hydrogen-bond donors (Lipinski definition) is 2. The molecule has 3 aromatic rings. The highest BCUT2D eigenvalue weighted by atomic mass is 32.1. The van der Waals surface area contributed by atoms with Crippen LogP contribution in [0.1, 0.15) is 11.5 Å². The molecule has 0 bridgehead atoms. The van der Waals surface area contributed by atoms with Crippen LogP contribution in [0.2, 0.25) is 0 Å². The second-order valence-electron chi connectivity index (χ2n) is 5.12. The minimum atomic E-state index is -4.61. The minimum absolute atomic E-state index is 0.128. The maximum absolute atomic E-state index is 13.5. The summed E-state index contributed by atoms with van der Waals surface area (Å²) in [5.41, 5.74) is 5.04. The molecule has 0 saturated carbocycles. The van der Waals surface area contributed by atoms with Crippen molar-refractivity contribution in [3.05, 3.63) is 41.4 Å². The molecule has 0 unspecified atom stereocenters. The Bertz CT molecular complexity index is 980. The van der Waals surface area contributed by atoms with E-state index in [4.69, 9.17) is 5.73 Å². The fourth-order valence-corrected chi connectivity index (χ4v) is 3.07. The van der Waals surface area contributed by atoms with E-state index in [-0.39, 0.29) is 18.2 Å². The normalized spacial score (nSPS) is 14.7. The summed E-state index contributed by atoms with van der Waals surface area (Å²) >= 11 is 1.31. The van der Waals surface area contributed by atoms with Gasteiger partial charge in [-0.15, -0.1) is 16.0 Å². The van der Waals surface area contributed by atoms with Crippen LogP contribution in [0.3, 0.4) is 0 Å². The van der Waals surface area contributed by atoms with Gasteiger partial charge in [0.15, 0.2) is 6.33 Å². The van der Waals surface area contributed by atoms with Crippen LogP contribution in [0.4, 0.5) is 13.2 Å². The molecule has 12 heteroatoms. The first-order valence-electron chi connectivity index (χ1n) is 6.99. The van der Waals surface area contributed by atoms with Gasteiger partial charge in [-0.05, 0) is 11.4 Å². The van der Waals surface area contributed by atoms with Gasteiger partial charge in [0.25, 0.3) is 0 Å². The zero-order valence-electron chi connectivity index (χ0n) is 12.4. The molecule has 0 fully saturated rings. The first-order valence-corrected chi connectivity index (χ1v) is 7.87. The molecule has 0 atom stereocenters. The summed E-state index contributed by atoms with van der Waals surface area (Å²) in [5.74, 6) is 0.275. The van der Waals surface area contributed by atoms with E-state index in [0.29, 0.717) is 16.4 Å². The Morgan fingerprint density at radius 3 is 2.88 bits per heavy atom. The molecule has 128 valence electrons. The van der Waals surface area contributed by atoms with E-state index in [1.807, 2.05) is 0 Å². The maximum atomic E-state index is 13.5. The van der Waals surface area contributed by atoms with Crippen molar-refractivity contribution < 1.29 is 17.9 Å². The molecule has 4 heterocycles. The molecule has 0 saturated heterocycles. The van der Waals surface area contributed by atoms with Crippen molar-refractivity contribution in [2.24, 2.45) is 15.9 Å². The van der Waals surface area contributed by atoms with Gasteiger partial charge >= 0.3 is 12.1 Å². The molecule has 1 aliphatic heterocycles. The van der Waals surface area contributed by atoms with E-state index in [9.17, 15) is 13.2 Å². The number of amidine groups is 1. The van der Waals surface area contributed by atoms with Crippen LogP contribution in [-0.2, 0) is 12.6 Å². The number of alkyl halides is 3. The van der Waals surface area contributed by atoms with Gasteiger partial charge in [0.1, 0.15) is 5.84 Å². The molecule has 1 aliphatic rings. The highest BCUT2D eigenvalue weighted by Gasteiger charge is 2.42. The van der Waals surface area contributed by atoms with Crippen molar-refractivity contribution in [2.45, 2.75) is 12.6 Å². The quantitative estimate of drug-likeness (QED) is 0.633. The second kappa shape index (κ2) is 5.51. The summed E-state index contributed by atoms with van der Waals surface area (Å²) < 4.78 is 42.6. The van der Waals surface area contributed by atoms with E-state index in [0.717, 1.165) is 10.7 Å². The van der Waals surface area contributed by atoms with Gasteiger partial charge in [0.2, 0.25) is 11.5 Å². The molecule has 3 aromatic heterocycles. The lowest BCUT2D eigenvalue weighted by molar-refractivity contribution is -0.642. The number of nitrogens with two attached hydrogens (primary N) is 1. The number of halogens is 3. The Morgan fingerprint density at radius 2 is 2.16 bits per heavy atom. The lowest BCUT2D eigenvalue weighted by Gasteiger charge is -2.05. The average molecular weight is 367 g/mol. The zero-order chi connectivity index (χ0) is 17.6. The van der Waals surface area contributed by atoms with Crippen molar-refractivity contribution in [3.63, 3.8) is 0 Å². The fraction of sp³-hybridized carbons (Fsp3) is 0.154. The molecular formula is C13H10F3N8S+. The summed E-state index contributed by atoms with van der Waals surface area (Å²) in [6.07, 6.45) is -3.26. The number of aromatic nitrogens is 5. The number of H-pyrrole nitrogens is 1. The summed E-state index contributed by atoms with van der Waals surface area (Å²) in [6, 6.07) is 4.48. The summed E-state index contributed by atoms with van der Waals surface area (Å²) in [6.45, 7) is 0. The van der Waals surface area contributed by atoms with Crippen LogP contribution < -0.4 is 10.4 Å². The van der Waals surface area contributed by atoms with E-state index in [2.05, 4.69) is 25.4 Å². The number of nitrogens with one attached hydrogen (secondary N) is 1.